The first-order chi connectivity index (χ1) is 8.63. The molecule has 0 aliphatic carbocycles. The topological polar surface area (TPSA) is 42.2 Å². The highest BCUT2D eigenvalue weighted by atomic mass is 15.2. The Labute approximate surface area is 111 Å². The molecule has 3 heteroatoms. The summed E-state index contributed by atoms with van der Waals surface area (Å²) in [6.45, 7) is 10.6. The maximum Gasteiger partial charge on any atom is 0.133 e. The van der Waals surface area contributed by atoms with E-state index in [0.717, 1.165) is 30.8 Å². The summed E-state index contributed by atoms with van der Waals surface area (Å²) in [5.41, 5.74) is 6.98. The number of hydrogen-bond donors (Lipinski definition) is 1. The van der Waals surface area contributed by atoms with Crippen LogP contribution in [-0.4, -0.2) is 17.6 Å². The van der Waals surface area contributed by atoms with Gasteiger partial charge in [0.15, 0.2) is 0 Å². The Morgan fingerprint density at radius 3 is 2.44 bits per heavy atom. The third-order valence-corrected chi connectivity index (χ3v) is 3.30. The highest BCUT2D eigenvalue weighted by Gasteiger charge is 2.20. The van der Waals surface area contributed by atoms with Gasteiger partial charge in [0.1, 0.15) is 5.82 Å². The van der Waals surface area contributed by atoms with Gasteiger partial charge in [0, 0.05) is 30.9 Å². The van der Waals surface area contributed by atoms with Crippen LogP contribution in [0.5, 0.6) is 0 Å². The predicted molar refractivity (Wildman–Crippen MR) is 78.7 cm³/mol. The monoisotopic (exact) mass is 249 g/mol. The summed E-state index contributed by atoms with van der Waals surface area (Å²) < 4.78 is 0. The molecule has 18 heavy (non-hydrogen) atoms. The Bertz CT molecular complexity index is 345. The second-order valence-corrected chi connectivity index (χ2v) is 5.21. The number of anilines is 1. The second kappa shape index (κ2) is 7.37. The standard InChI is InChI=1S/C15H27N3/c1-5-14(6-2)18(11-12(3)4)15-13(10-16)8-7-9-17-15/h7-9,12,14H,5-6,10-11,16H2,1-4H3. The van der Waals surface area contributed by atoms with Crippen molar-refractivity contribution < 1.29 is 0 Å². The van der Waals surface area contributed by atoms with Gasteiger partial charge in [-0.05, 0) is 24.8 Å². The van der Waals surface area contributed by atoms with Crippen LogP contribution < -0.4 is 10.6 Å². The first kappa shape index (κ1) is 15.0. The molecule has 0 spiro atoms. The van der Waals surface area contributed by atoms with Crippen LogP contribution in [0.1, 0.15) is 46.1 Å². The van der Waals surface area contributed by atoms with Crippen molar-refractivity contribution in [1.29, 1.82) is 0 Å². The first-order valence-corrected chi connectivity index (χ1v) is 7.04. The molecule has 1 aromatic heterocycles. The minimum atomic E-state index is 0.549. The van der Waals surface area contributed by atoms with E-state index in [9.17, 15) is 0 Å². The molecule has 1 aromatic rings. The zero-order valence-electron chi connectivity index (χ0n) is 12.2. The molecule has 0 fully saturated rings. The molecule has 0 saturated carbocycles. The van der Waals surface area contributed by atoms with E-state index in [1.165, 1.54) is 0 Å². The highest BCUT2D eigenvalue weighted by molar-refractivity contribution is 5.47. The smallest absolute Gasteiger partial charge is 0.133 e. The summed E-state index contributed by atoms with van der Waals surface area (Å²) in [5, 5.41) is 0. The van der Waals surface area contributed by atoms with Gasteiger partial charge in [-0.3, -0.25) is 0 Å². The fraction of sp³-hybridized carbons (Fsp3) is 0.667. The average molecular weight is 249 g/mol. The fourth-order valence-corrected chi connectivity index (χ4v) is 2.38. The SMILES string of the molecule is CCC(CC)N(CC(C)C)c1ncccc1CN. The van der Waals surface area contributed by atoms with Crippen LogP contribution in [0.2, 0.25) is 0 Å². The maximum atomic E-state index is 5.84. The van der Waals surface area contributed by atoms with Gasteiger partial charge in [-0.1, -0.05) is 33.8 Å². The minimum absolute atomic E-state index is 0.549. The summed E-state index contributed by atoms with van der Waals surface area (Å²) >= 11 is 0. The van der Waals surface area contributed by atoms with E-state index in [1.807, 2.05) is 12.3 Å². The van der Waals surface area contributed by atoms with Crippen molar-refractivity contribution in [3.05, 3.63) is 23.9 Å². The Morgan fingerprint density at radius 2 is 1.94 bits per heavy atom. The van der Waals surface area contributed by atoms with Crippen LogP contribution in [-0.2, 0) is 6.54 Å². The molecule has 0 aliphatic rings. The van der Waals surface area contributed by atoms with Crippen LogP contribution >= 0.6 is 0 Å². The van der Waals surface area contributed by atoms with Gasteiger partial charge in [-0.2, -0.15) is 0 Å². The molecule has 0 amide bonds. The zero-order valence-corrected chi connectivity index (χ0v) is 12.2. The van der Waals surface area contributed by atoms with Gasteiger partial charge in [0.25, 0.3) is 0 Å². The molecule has 1 rings (SSSR count). The summed E-state index contributed by atoms with van der Waals surface area (Å²) in [5.74, 6) is 1.70. The Balaban J connectivity index is 3.07. The molecule has 0 saturated heterocycles. The van der Waals surface area contributed by atoms with Crippen molar-refractivity contribution in [2.75, 3.05) is 11.4 Å². The van der Waals surface area contributed by atoms with Crippen molar-refractivity contribution in [3.63, 3.8) is 0 Å². The first-order valence-electron chi connectivity index (χ1n) is 7.04. The predicted octanol–water partition coefficient (Wildman–Crippen LogP) is 3.19. The van der Waals surface area contributed by atoms with Crippen LogP contribution in [0.4, 0.5) is 5.82 Å². The van der Waals surface area contributed by atoms with Gasteiger partial charge >= 0.3 is 0 Å². The van der Waals surface area contributed by atoms with Crippen molar-refractivity contribution in [1.82, 2.24) is 4.98 Å². The molecule has 102 valence electrons. The highest BCUT2D eigenvalue weighted by Crippen LogP contribution is 2.23. The zero-order chi connectivity index (χ0) is 13.5. The maximum absolute atomic E-state index is 5.84. The van der Waals surface area contributed by atoms with E-state index in [2.05, 4.69) is 43.6 Å². The van der Waals surface area contributed by atoms with Gasteiger partial charge in [0.2, 0.25) is 0 Å². The van der Waals surface area contributed by atoms with E-state index in [0.29, 0.717) is 18.5 Å². The molecule has 1 heterocycles. The molecule has 2 N–H and O–H groups in total. The number of hydrogen-bond acceptors (Lipinski definition) is 3. The number of nitrogens with two attached hydrogens (primary N) is 1. The summed E-state index contributed by atoms with van der Waals surface area (Å²) in [4.78, 5) is 7.00. The molecule has 0 aromatic carbocycles. The summed E-state index contributed by atoms with van der Waals surface area (Å²) in [7, 11) is 0. The van der Waals surface area contributed by atoms with Gasteiger partial charge < -0.3 is 10.6 Å². The minimum Gasteiger partial charge on any atom is -0.353 e. The average Bonchev–Trinajstić information content (AvgIpc) is 2.38. The number of nitrogens with zero attached hydrogens (tertiary/aromatic N) is 2. The van der Waals surface area contributed by atoms with Crippen molar-refractivity contribution in [3.8, 4) is 0 Å². The lowest BCUT2D eigenvalue weighted by Gasteiger charge is -2.34. The third kappa shape index (κ3) is 3.70. The normalized spacial score (nSPS) is 11.3. The molecular weight excluding hydrogens is 222 g/mol. The molecular formula is C15H27N3. The van der Waals surface area contributed by atoms with E-state index in [4.69, 9.17) is 5.73 Å². The molecule has 0 unspecified atom stereocenters. The van der Waals surface area contributed by atoms with E-state index in [-0.39, 0.29) is 0 Å². The summed E-state index contributed by atoms with van der Waals surface area (Å²) in [6.07, 6.45) is 4.15. The quantitative estimate of drug-likeness (QED) is 0.807. The van der Waals surface area contributed by atoms with Crippen molar-refractivity contribution in [2.45, 2.75) is 53.1 Å². The van der Waals surface area contributed by atoms with Crippen molar-refractivity contribution in [2.24, 2.45) is 11.7 Å². The van der Waals surface area contributed by atoms with Gasteiger partial charge in [-0.15, -0.1) is 0 Å². The van der Waals surface area contributed by atoms with Gasteiger partial charge in [-0.25, -0.2) is 4.98 Å². The molecule has 0 radical (unpaired) electrons. The van der Waals surface area contributed by atoms with Gasteiger partial charge in [0.05, 0.1) is 0 Å². The lowest BCUT2D eigenvalue weighted by atomic mass is 10.1. The lowest BCUT2D eigenvalue weighted by molar-refractivity contribution is 0.502. The number of rotatable bonds is 7. The van der Waals surface area contributed by atoms with E-state index >= 15 is 0 Å². The Kier molecular flexibility index (Phi) is 6.13. The molecule has 0 bridgehead atoms. The third-order valence-electron chi connectivity index (χ3n) is 3.30. The lowest BCUT2D eigenvalue weighted by Crippen LogP contribution is -2.38. The Hall–Kier alpha value is -1.09. The van der Waals surface area contributed by atoms with Crippen molar-refractivity contribution >= 4 is 5.82 Å². The van der Waals surface area contributed by atoms with Crippen LogP contribution in [0, 0.1) is 5.92 Å². The number of pyridine rings is 1. The fourth-order valence-electron chi connectivity index (χ4n) is 2.38. The molecule has 0 atom stereocenters. The second-order valence-electron chi connectivity index (χ2n) is 5.21. The van der Waals surface area contributed by atoms with Crippen LogP contribution in [0.3, 0.4) is 0 Å². The molecule has 0 aliphatic heterocycles. The van der Waals surface area contributed by atoms with E-state index < -0.39 is 0 Å². The number of aromatic nitrogens is 1. The van der Waals surface area contributed by atoms with E-state index in [1.54, 1.807) is 0 Å². The molecule has 3 nitrogen and oxygen atoms in total. The van der Waals surface area contributed by atoms with Crippen LogP contribution in [0.15, 0.2) is 18.3 Å². The Morgan fingerprint density at radius 1 is 1.28 bits per heavy atom. The van der Waals surface area contributed by atoms with Crippen LogP contribution in [0.25, 0.3) is 0 Å². The largest absolute Gasteiger partial charge is 0.353 e. The summed E-state index contributed by atoms with van der Waals surface area (Å²) in [6, 6.07) is 4.59.